The second-order valence-electron chi connectivity index (χ2n) is 8.04. The number of allylic oxidation sites excluding steroid dienone is 2. The van der Waals surface area contributed by atoms with E-state index in [2.05, 4.69) is 79.7 Å². The molecule has 0 radical (unpaired) electrons. The molecule has 0 aromatic heterocycles. The van der Waals surface area contributed by atoms with Crippen LogP contribution < -0.4 is 4.90 Å². The highest BCUT2D eigenvalue weighted by Crippen LogP contribution is 2.41. The Kier molecular flexibility index (Phi) is 5.82. The first-order valence-electron chi connectivity index (χ1n) is 9.76. The Morgan fingerprint density at radius 3 is 2.46 bits per heavy atom. The van der Waals surface area contributed by atoms with E-state index in [-0.39, 0.29) is 5.54 Å². The number of fused-ring (bicyclic) bond motifs is 1. The second-order valence-corrected chi connectivity index (χ2v) is 8.95. The van der Waals surface area contributed by atoms with Gasteiger partial charge in [0.2, 0.25) is 0 Å². The molecule has 1 heterocycles. The summed E-state index contributed by atoms with van der Waals surface area (Å²) in [7, 11) is 0. The van der Waals surface area contributed by atoms with Gasteiger partial charge >= 0.3 is 0 Å². The first-order valence-corrected chi connectivity index (χ1v) is 10.6. The minimum atomic E-state index is 0.00608. The second kappa shape index (κ2) is 7.97. The van der Waals surface area contributed by atoms with Gasteiger partial charge in [-0.3, -0.25) is 0 Å². The van der Waals surface area contributed by atoms with Gasteiger partial charge in [0.05, 0.1) is 17.2 Å². The minimum Gasteiger partial charge on any atom is -0.362 e. The van der Waals surface area contributed by atoms with E-state index < -0.39 is 0 Å². The van der Waals surface area contributed by atoms with Crippen LogP contribution in [0.2, 0.25) is 0 Å². The lowest BCUT2D eigenvalue weighted by Gasteiger charge is -2.43. The van der Waals surface area contributed by atoms with Crippen molar-refractivity contribution in [3.8, 4) is 6.07 Å². The van der Waals surface area contributed by atoms with E-state index in [4.69, 9.17) is 0 Å². The zero-order chi connectivity index (χ0) is 20.5. The van der Waals surface area contributed by atoms with E-state index in [9.17, 15) is 5.26 Å². The molecule has 3 heteroatoms. The standard InChI is InChI=1S/C25H27BrN2/c1-6-11-28-24-12-17(2)20(14-23(24)18(3)15-25(28,4)5)13-21(16-27)19-7-9-22(26)10-8-19/h7-10,12-15H,6,11H2,1-5H3/b21-13+. The van der Waals surface area contributed by atoms with Crippen molar-refractivity contribution in [3.05, 3.63) is 69.2 Å². The van der Waals surface area contributed by atoms with E-state index in [1.54, 1.807) is 0 Å². The summed E-state index contributed by atoms with van der Waals surface area (Å²) in [5, 5.41) is 9.72. The summed E-state index contributed by atoms with van der Waals surface area (Å²) in [5.74, 6) is 0. The van der Waals surface area contributed by atoms with E-state index in [0.29, 0.717) is 5.57 Å². The molecule has 0 atom stereocenters. The average molecular weight is 435 g/mol. The Bertz CT molecular complexity index is 988. The molecule has 28 heavy (non-hydrogen) atoms. The highest BCUT2D eigenvalue weighted by atomic mass is 79.9. The molecule has 0 saturated heterocycles. The molecule has 0 aliphatic carbocycles. The van der Waals surface area contributed by atoms with Gasteiger partial charge in [0.25, 0.3) is 0 Å². The van der Waals surface area contributed by atoms with E-state index in [0.717, 1.165) is 28.6 Å². The molecule has 2 nitrogen and oxygen atoms in total. The van der Waals surface area contributed by atoms with Gasteiger partial charge in [-0.25, -0.2) is 0 Å². The molecule has 0 saturated carbocycles. The fourth-order valence-corrected chi connectivity index (χ4v) is 4.26. The topological polar surface area (TPSA) is 27.0 Å². The molecule has 2 aromatic carbocycles. The number of anilines is 1. The third-order valence-corrected chi connectivity index (χ3v) is 5.92. The van der Waals surface area contributed by atoms with Gasteiger partial charge in [-0.2, -0.15) is 5.26 Å². The molecule has 0 fully saturated rings. The van der Waals surface area contributed by atoms with Crippen LogP contribution in [-0.4, -0.2) is 12.1 Å². The normalized spacial score (nSPS) is 15.7. The van der Waals surface area contributed by atoms with Gasteiger partial charge in [0.1, 0.15) is 0 Å². The van der Waals surface area contributed by atoms with E-state index >= 15 is 0 Å². The molecule has 1 aliphatic heterocycles. The first-order chi connectivity index (χ1) is 13.3. The van der Waals surface area contributed by atoms with Gasteiger partial charge in [-0.05, 0) is 86.7 Å². The van der Waals surface area contributed by atoms with Crippen LogP contribution in [0.5, 0.6) is 0 Å². The fourth-order valence-electron chi connectivity index (χ4n) is 4.00. The summed E-state index contributed by atoms with van der Waals surface area (Å²) in [6, 6.07) is 14.8. The zero-order valence-corrected chi connectivity index (χ0v) is 18.9. The largest absolute Gasteiger partial charge is 0.362 e. The van der Waals surface area contributed by atoms with Crippen molar-refractivity contribution in [1.29, 1.82) is 5.26 Å². The predicted octanol–water partition coefficient (Wildman–Crippen LogP) is 7.23. The predicted molar refractivity (Wildman–Crippen MR) is 124 cm³/mol. The summed E-state index contributed by atoms with van der Waals surface area (Å²) in [6.07, 6.45) is 5.47. The lowest BCUT2D eigenvalue weighted by Crippen LogP contribution is -2.45. The quantitative estimate of drug-likeness (QED) is 0.374. The molecule has 2 aromatic rings. The lowest BCUT2D eigenvalue weighted by molar-refractivity contribution is 0.550. The Labute approximate surface area is 177 Å². The summed E-state index contributed by atoms with van der Waals surface area (Å²) in [5.41, 5.74) is 7.76. The molecule has 0 unspecified atom stereocenters. The van der Waals surface area contributed by atoms with E-state index in [1.807, 2.05) is 30.3 Å². The average Bonchev–Trinajstić information content (AvgIpc) is 2.64. The Hall–Kier alpha value is -2.31. The van der Waals surface area contributed by atoms with Gasteiger partial charge < -0.3 is 4.90 Å². The summed E-state index contributed by atoms with van der Waals surface area (Å²) in [4.78, 5) is 2.50. The summed E-state index contributed by atoms with van der Waals surface area (Å²) >= 11 is 3.46. The highest BCUT2D eigenvalue weighted by Gasteiger charge is 2.31. The monoisotopic (exact) mass is 434 g/mol. The van der Waals surface area contributed by atoms with Crippen LogP contribution in [0.4, 0.5) is 5.69 Å². The van der Waals surface area contributed by atoms with Crippen molar-refractivity contribution in [2.75, 3.05) is 11.4 Å². The molecule has 0 spiro atoms. The van der Waals surface area contributed by atoms with Crippen molar-refractivity contribution < 1.29 is 0 Å². The van der Waals surface area contributed by atoms with Crippen molar-refractivity contribution in [2.45, 2.75) is 46.6 Å². The molecule has 0 amide bonds. The van der Waals surface area contributed by atoms with Gasteiger partial charge in [-0.1, -0.05) is 41.1 Å². The highest BCUT2D eigenvalue weighted by molar-refractivity contribution is 9.10. The van der Waals surface area contributed by atoms with Crippen LogP contribution in [0.25, 0.3) is 17.2 Å². The van der Waals surface area contributed by atoms with E-state index in [1.165, 1.54) is 22.4 Å². The molecule has 1 aliphatic rings. The van der Waals surface area contributed by atoms with Crippen molar-refractivity contribution in [1.82, 2.24) is 0 Å². The maximum atomic E-state index is 9.72. The maximum Gasteiger partial charge on any atom is 0.0998 e. The van der Waals surface area contributed by atoms with Crippen LogP contribution in [-0.2, 0) is 0 Å². The van der Waals surface area contributed by atoms with Gasteiger partial charge in [0.15, 0.2) is 0 Å². The Morgan fingerprint density at radius 1 is 1.18 bits per heavy atom. The van der Waals surface area contributed by atoms with Gasteiger partial charge in [0, 0.05) is 22.3 Å². The fraction of sp³-hybridized carbons (Fsp3) is 0.320. The van der Waals surface area contributed by atoms with Crippen molar-refractivity contribution >= 4 is 38.8 Å². The van der Waals surface area contributed by atoms with Crippen LogP contribution >= 0.6 is 15.9 Å². The molecule has 0 N–H and O–H groups in total. The Balaban J connectivity index is 2.12. The third kappa shape index (κ3) is 3.93. The van der Waals surface area contributed by atoms with Crippen LogP contribution in [0.1, 0.15) is 56.4 Å². The first kappa shape index (κ1) is 20.4. The number of nitrogens with zero attached hydrogens (tertiary/aromatic N) is 2. The molecular formula is C25H27BrN2. The number of halogens is 1. The molecule has 0 bridgehead atoms. The third-order valence-electron chi connectivity index (χ3n) is 5.39. The molecule has 3 rings (SSSR count). The number of benzene rings is 2. The number of rotatable bonds is 4. The number of nitriles is 1. The van der Waals surface area contributed by atoms with Crippen LogP contribution in [0.15, 0.2) is 46.9 Å². The van der Waals surface area contributed by atoms with Crippen molar-refractivity contribution in [3.63, 3.8) is 0 Å². The smallest absolute Gasteiger partial charge is 0.0998 e. The molecule has 144 valence electrons. The van der Waals surface area contributed by atoms with Gasteiger partial charge in [-0.15, -0.1) is 0 Å². The summed E-state index contributed by atoms with van der Waals surface area (Å²) < 4.78 is 1.01. The maximum absolute atomic E-state index is 9.72. The SMILES string of the molecule is CCCN1c2cc(C)c(/C=C(\C#N)c3ccc(Br)cc3)cc2C(C)=CC1(C)C. The lowest BCUT2D eigenvalue weighted by atomic mass is 9.86. The van der Waals surface area contributed by atoms with Crippen molar-refractivity contribution in [2.24, 2.45) is 0 Å². The number of aryl methyl sites for hydroxylation is 1. The van der Waals surface area contributed by atoms with Crippen LogP contribution in [0.3, 0.4) is 0 Å². The Morgan fingerprint density at radius 2 is 1.86 bits per heavy atom. The minimum absolute atomic E-state index is 0.00608. The summed E-state index contributed by atoms with van der Waals surface area (Å²) in [6.45, 7) is 12.1. The van der Waals surface area contributed by atoms with Crippen LogP contribution in [0, 0.1) is 18.3 Å². The number of hydrogen-bond donors (Lipinski definition) is 0. The zero-order valence-electron chi connectivity index (χ0n) is 17.3. The molecular weight excluding hydrogens is 408 g/mol. The number of hydrogen-bond acceptors (Lipinski definition) is 2.